The van der Waals surface area contributed by atoms with Crippen LogP contribution < -0.4 is 5.32 Å². The second-order valence-corrected chi connectivity index (χ2v) is 7.21. The number of aromatic nitrogens is 3. The van der Waals surface area contributed by atoms with E-state index >= 15 is 0 Å². The standard InChI is InChI=1S/C15H18Cl2N4OS/c1-4-21-8-18-20-15(21)23-10(3)14(22)19-9(2)12-6-5-11(16)7-13(12)17/h5-10H,4H2,1-3H3,(H,19,22)/t9-,10-/m0/s1. The molecule has 0 fully saturated rings. The summed E-state index contributed by atoms with van der Waals surface area (Å²) >= 11 is 13.5. The normalized spacial score (nSPS) is 13.6. The smallest absolute Gasteiger partial charge is 0.233 e. The van der Waals surface area contributed by atoms with Gasteiger partial charge in [-0.2, -0.15) is 0 Å². The van der Waals surface area contributed by atoms with Crippen molar-refractivity contribution in [3.63, 3.8) is 0 Å². The van der Waals surface area contributed by atoms with Crippen LogP contribution in [0.5, 0.6) is 0 Å². The van der Waals surface area contributed by atoms with Gasteiger partial charge in [0.25, 0.3) is 0 Å². The first-order valence-electron chi connectivity index (χ1n) is 7.22. The van der Waals surface area contributed by atoms with Gasteiger partial charge in [-0.3, -0.25) is 4.79 Å². The molecule has 1 amide bonds. The molecule has 0 aliphatic carbocycles. The Balaban J connectivity index is 2.00. The maximum absolute atomic E-state index is 12.4. The van der Waals surface area contributed by atoms with Gasteiger partial charge in [0.1, 0.15) is 6.33 Å². The number of hydrogen-bond acceptors (Lipinski definition) is 4. The molecule has 0 bridgehead atoms. The van der Waals surface area contributed by atoms with Gasteiger partial charge in [-0.25, -0.2) is 0 Å². The van der Waals surface area contributed by atoms with E-state index in [-0.39, 0.29) is 17.2 Å². The molecule has 5 nitrogen and oxygen atoms in total. The molecule has 0 spiro atoms. The lowest BCUT2D eigenvalue weighted by atomic mass is 10.1. The predicted molar refractivity (Wildman–Crippen MR) is 94.0 cm³/mol. The molecule has 0 aliphatic rings. The van der Waals surface area contributed by atoms with Crippen molar-refractivity contribution < 1.29 is 4.79 Å². The summed E-state index contributed by atoms with van der Waals surface area (Å²) in [6, 6.07) is 5.04. The molecule has 8 heteroatoms. The average Bonchev–Trinajstić information content (AvgIpc) is 2.94. The molecule has 0 saturated carbocycles. The van der Waals surface area contributed by atoms with Crippen LogP contribution in [0.2, 0.25) is 10.0 Å². The minimum absolute atomic E-state index is 0.0841. The van der Waals surface area contributed by atoms with Gasteiger partial charge in [0.2, 0.25) is 5.91 Å². The molecule has 0 unspecified atom stereocenters. The number of hydrogen-bond donors (Lipinski definition) is 1. The second kappa shape index (κ2) is 8.04. The highest BCUT2D eigenvalue weighted by molar-refractivity contribution is 8.00. The number of aryl methyl sites for hydroxylation is 1. The Morgan fingerprint density at radius 1 is 1.39 bits per heavy atom. The zero-order valence-electron chi connectivity index (χ0n) is 13.1. The summed E-state index contributed by atoms with van der Waals surface area (Å²) in [5.74, 6) is -0.0841. The molecular weight excluding hydrogens is 355 g/mol. The number of benzene rings is 1. The quantitative estimate of drug-likeness (QED) is 0.779. The van der Waals surface area contributed by atoms with E-state index in [1.807, 2.05) is 31.4 Å². The molecule has 124 valence electrons. The largest absolute Gasteiger partial charge is 0.349 e. The lowest BCUT2D eigenvalue weighted by molar-refractivity contribution is -0.120. The van der Waals surface area contributed by atoms with E-state index in [4.69, 9.17) is 23.2 Å². The average molecular weight is 373 g/mol. The molecule has 1 N–H and O–H groups in total. The van der Waals surface area contributed by atoms with Crippen LogP contribution in [0, 0.1) is 0 Å². The van der Waals surface area contributed by atoms with Crippen molar-refractivity contribution in [3.05, 3.63) is 40.1 Å². The lowest BCUT2D eigenvalue weighted by Crippen LogP contribution is -2.33. The van der Waals surface area contributed by atoms with E-state index in [1.54, 1.807) is 18.5 Å². The fraction of sp³-hybridized carbons (Fsp3) is 0.400. The molecule has 2 rings (SSSR count). The first-order valence-corrected chi connectivity index (χ1v) is 8.85. The van der Waals surface area contributed by atoms with E-state index in [9.17, 15) is 4.79 Å². The minimum Gasteiger partial charge on any atom is -0.349 e. The van der Waals surface area contributed by atoms with Crippen LogP contribution in [-0.2, 0) is 11.3 Å². The fourth-order valence-electron chi connectivity index (χ4n) is 2.03. The van der Waals surface area contributed by atoms with Gasteiger partial charge in [-0.05, 0) is 38.5 Å². The zero-order chi connectivity index (χ0) is 17.0. The molecule has 0 saturated heterocycles. The molecule has 2 atom stereocenters. The third kappa shape index (κ3) is 4.62. The lowest BCUT2D eigenvalue weighted by Gasteiger charge is -2.18. The summed E-state index contributed by atoms with van der Waals surface area (Å²) in [7, 11) is 0. The van der Waals surface area contributed by atoms with Crippen LogP contribution >= 0.6 is 35.0 Å². The summed E-state index contributed by atoms with van der Waals surface area (Å²) in [5, 5.41) is 12.4. The highest BCUT2D eigenvalue weighted by atomic mass is 35.5. The number of nitrogens with zero attached hydrogens (tertiary/aromatic N) is 3. The van der Waals surface area contributed by atoms with Gasteiger partial charge in [-0.1, -0.05) is 41.0 Å². The molecule has 1 aromatic carbocycles. The summed E-state index contributed by atoms with van der Waals surface area (Å²) in [5.41, 5.74) is 0.832. The Labute approximate surface area is 149 Å². The van der Waals surface area contributed by atoms with Gasteiger partial charge < -0.3 is 9.88 Å². The molecule has 2 aromatic rings. The molecule has 1 aromatic heterocycles. The summed E-state index contributed by atoms with van der Waals surface area (Å²) < 4.78 is 1.90. The van der Waals surface area contributed by atoms with Crippen LogP contribution in [0.25, 0.3) is 0 Å². The fourth-order valence-corrected chi connectivity index (χ4v) is 3.49. The zero-order valence-corrected chi connectivity index (χ0v) is 15.4. The molecule has 1 heterocycles. The van der Waals surface area contributed by atoms with Gasteiger partial charge in [-0.15, -0.1) is 10.2 Å². The molecule has 0 radical (unpaired) electrons. The Hall–Kier alpha value is -1.24. The number of nitrogens with one attached hydrogen (secondary N) is 1. The maximum Gasteiger partial charge on any atom is 0.233 e. The first kappa shape index (κ1) is 18.1. The van der Waals surface area contributed by atoms with Crippen molar-refractivity contribution in [3.8, 4) is 0 Å². The van der Waals surface area contributed by atoms with Gasteiger partial charge >= 0.3 is 0 Å². The van der Waals surface area contributed by atoms with Crippen LogP contribution in [-0.4, -0.2) is 25.9 Å². The first-order chi connectivity index (χ1) is 10.9. The van der Waals surface area contributed by atoms with Crippen LogP contribution in [0.3, 0.4) is 0 Å². The van der Waals surface area contributed by atoms with Gasteiger partial charge in [0, 0.05) is 16.6 Å². The number of amides is 1. The van der Waals surface area contributed by atoms with Gasteiger partial charge in [0.05, 0.1) is 11.3 Å². The summed E-state index contributed by atoms with van der Waals surface area (Å²) in [6.07, 6.45) is 1.66. The monoisotopic (exact) mass is 372 g/mol. The minimum atomic E-state index is -0.293. The third-order valence-electron chi connectivity index (χ3n) is 3.36. The number of halogens is 2. The molecule has 0 aliphatic heterocycles. The highest BCUT2D eigenvalue weighted by Gasteiger charge is 2.20. The maximum atomic E-state index is 12.4. The van der Waals surface area contributed by atoms with Crippen molar-refractivity contribution >= 4 is 40.9 Å². The van der Waals surface area contributed by atoms with E-state index in [1.165, 1.54) is 11.8 Å². The highest BCUT2D eigenvalue weighted by Crippen LogP contribution is 2.27. The van der Waals surface area contributed by atoms with Gasteiger partial charge in [0.15, 0.2) is 5.16 Å². The van der Waals surface area contributed by atoms with Crippen molar-refractivity contribution in [2.24, 2.45) is 0 Å². The third-order valence-corrected chi connectivity index (χ3v) is 5.02. The van der Waals surface area contributed by atoms with E-state index in [0.717, 1.165) is 17.3 Å². The Kier molecular flexibility index (Phi) is 6.33. The molecule has 23 heavy (non-hydrogen) atoms. The van der Waals surface area contributed by atoms with E-state index in [2.05, 4.69) is 15.5 Å². The summed E-state index contributed by atoms with van der Waals surface area (Å²) in [6.45, 7) is 6.49. The Bertz CT molecular complexity index is 692. The van der Waals surface area contributed by atoms with E-state index < -0.39 is 0 Å². The summed E-state index contributed by atoms with van der Waals surface area (Å²) in [4.78, 5) is 12.4. The van der Waals surface area contributed by atoms with Crippen molar-refractivity contribution in [1.82, 2.24) is 20.1 Å². The van der Waals surface area contributed by atoms with E-state index in [0.29, 0.717) is 10.0 Å². The number of thioether (sulfide) groups is 1. The van der Waals surface area contributed by atoms with Crippen LogP contribution in [0.4, 0.5) is 0 Å². The van der Waals surface area contributed by atoms with Crippen molar-refractivity contribution in [1.29, 1.82) is 0 Å². The predicted octanol–water partition coefficient (Wildman–Crippen LogP) is 3.96. The van der Waals surface area contributed by atoms with Crippen molar-refractivity contribution in [2.75, 3.05) is 0 Å². The number of carbonyl (C=O) groups is 1. The second-order valence-electron chi connectivity index (χ2n) is 5.06. The van der Waals surface area contributed by atoms with Crippen LogP contribution in [0.1, 0.15) is 32.4 Å². The van der Waals surface area contributed by atoms with Crippen LogP contribution in [0.15, 0.2) is 29.7 Å². The van der Waals surface area contributed by atoms with Crippen molar-refractivity contribution in [2.45, 2.75) is 43.8 Å². The number of carbonyl (C=O) groups excluding carboxylic acids is 1. The Morgan fingerprint density at radius 2 is 2.13 bits per heavy atom. The molecular formula is C15H18Cl2N4OS. The number of rotatable bonds is 6. The SMILES string of the molecule is CCn1cnnc1S[C@@H](C)C(=O)N[C@@H](C)c1ccc(Cl)cc1Cl. The topological polar surface area (TPSA) is 59.8 Å². The Morgan fingerprint density at radius 3 is 2.78 bits per heavy atom.